The first kappa shape index (κ1) is 11.5. The van der Waals surface area contributed by atoms with Crippen molar-refractivity contribution in [1.29, 1.82) is 5.26 Å². The van der Waals surface area contributed by atoms with Gasteiger partial charge in [0.25, 0.3) is 0 Å². The van der Waals surface area contributed by atoms with Crippen molar-refractivity contribution in [2.24, 2.45) is 0 Å². The highest BCUT2D eigenvalue weighted by Gasteiger charge is 2.23. The highest BCUT2D eigenvalue weighted by atomic mass is 16.3. The Kier molecular flexibility index (Phi) is 2.60. The van der Waals surface area contributed by atoms with E-state index >= 15 is 0 Å². The molecule has 0 spiro atoms. The van der Waals surface area contributed by atoms with Crippen molar-refractivity contribution in [2.75, 3.05) is 5.73 Å². The molecule has 0 bridgehead atoms. The smallest absolute Gasteiger partial charge is 0.142 e. The average molecular weight is 251 g/mol. The Morgan fingerprint density at radius 3 is 2.89 bits per heavy atom. The lowest BCUT2D eigenvalue weighted by Gasteiger charge is -2.12. The number of phenols is 1. The van der Waals surface area contributed by atoms with Crippen LogP contribution in [0.3, 0.4) is 0 Å². The molecule has 1 aromatic heterocycles. The first-order valence-corrected chi connectivity index (χ1v) is 6.21. The van der Waals surface area contributed by atoms with Gasteiger partial charge in [0.2, 0.25) is 0 Å². The summed E-state index contributed by atoms with van der Waals surface area (Å²) >= 11 is 0. The number of fused-ring (bicyclic) bond motifs is 1. The Hall–Kier alpha value is -2.54. The molecule has 0 saturated heterocycles. The van der Waals surface area contributed by atoms with Crippen LogP contribution in [0.4, 0.5) is 5.82 Å². The number of aromatic nitrogens is 1. The molecule has 0 unspecified atom stereocenters. The number of aryl methyl sites for hydroxylation is 1. The fourth-order valence-corrected chi connectivity index (χ4v) is 2.69. The van der Waals surface area contributed by atoms with Crippen LogP contribution in [0, 0.1) is 11.3 Å². The molecule has 1 aliphatic carbocycles. The Labute approximate surface area is 111 Å². The summed E-state index contributed by atoms with van der Waals surface area (Å²) in [4.78, 5) is 4.33. The Bertz CT molecular complexity index is 701. The van der Waals surface area contributed by atoms with Crippen LogP contribution >= 0.6 is 0 Å². The van der Waals surface area contributed by atoms with Gasteiger partial charge in [-0.2, -0.15) is 5.26 Å². The van der Waals surface area contributed by atoms with E-state index in [2.05, 4.69) is 11.1 Å². The molecular weight excluding hydrogens is 238 g/mol. The van der Waals surface area contributed by atoms with Gasteiger partial charge in [0.05, 0.1) is 0 Å². The van der Waals surface area contributed by atoms with E-state index in [-0.39, 0.29) is 11.6 Å². The number of anilines is 1. The van der Waals surface area contributed by atoms with Gasteiger partial charge in [0.15, 0.2) is 0 Å². The van der Waals surface area contributed by atoms with Crippen LogP contribution in [-0.2, 0) is 12.8 Å². The van der Waals surface area contributed by atoms with E-state index in [9.17, 15) is 10.4 Å². The van der Waals surface area contributed by atoms with E-state index < -0.39 is 0 Å². The fourth-order valence-electron chi connectivity index (χ4n) is 2.69. The van der Waals surface area contributed by atoms with Crippen LogP contribution in [0.1, 0.15) is 23.2 Å². The molecule has 3 rings (SSSR count). The van der Waals surface area contributed by atoms with E-state index in [1.165, 1.54) is 0 Å². The molecule has 4 nitrogen and oxygen atoms in total. The maximum atomic E-state index is 9.63. The van der Waals surface area contributed by atoms with Crippen molar-refractivity contribution in [2.45, 2.75) is 19.3 Å². The summed E-state index contributed by atoms with van der Waals surface area (Å²) in [6.07, 6.45) is 2.84. The van der Waals surface area contributed by atoms with E-state index in [4.69, 9.17) is 5.73 Å². The summed E-state index contributed by atoms with van der Waals surface area (Å²) < 4.78 is 0. The fraction of sp³-hybridized carbons (Fsp3) is 0.200. The van der Waals surface area contributed by atoms with Crippen LogP contribution in [0.2, 0.25) is 0 Å². The van der Waals surface area contributed by atoms with E-state index in [1.807, 2.05) is 6.07 Å². The minimum Gasteiger partial charge on any atom is -0.508 e. The molecular formula is C15H13N3O. The summed E-state index contributed by atoms with van der Waals surface area (Å²) in [7, 11) is 0. The third kappa shape index (κ3) is 1.80. The predicted molar refractivity (Wildman–Crippen MR) is 72.5 cm³/mol. The summed E-state index contributed by atoms with van der Waals surface area (Å²) in [5.41, 5.74) is 10.0. The van der Waals surface area contributed by atoms with Gasteiger partial charge >= 0.3 is 0 Å². The minimum atomic E-state index is 0.184. The van der Waals surface area contributed by atoms with Gasteiger partial charge in [0, 0.05) is 11.3 Å². The van der Waals surface area contributed by atoms with Crippen LogP contribution in [0.15, 0.2) is 24.3 Å². The lowest BCUT2D eigenvalue weighted by atomic mass is 9.94. The Morgan fingerprint density at radius 2 is 2.16 bits per heavy atom. The van der Waals surface area contributed by atoms with Gasteiger partial charge < -0.3 is 10.8 Å². The molecule has 0 atom stereocenters. The minimum absolute atomic E-state index is 0.184. The second-order valence-corrected chi connectivity index (χ2v) is 4.69. The van der Waals surface area contributed by atoms with Crippen molar-refractivity contribution in [3.63, 3.8) is 0 Å². The van der Waals surface area contributed by atoms with Gasteiger partial charge in [-0.1, -0.05) is 12.1 Å². The molecule has 1 aromatic carbocycles. The van der Waals surface area contributed by atoms with E-state index in [0.29, 0.717) is 5.56 Å². The first-order valence-electron chi connectivity index (χ1n) is 6.21. The molecule has 0 amide bonds. The molecule has 0 radical (unpaired) electrons. The van der Waals surface area contributed by atoms with Crippen LogP contribution in [0.25, 0.3) is 11.1 Å². The maximum absolute atomic E-state index is 9.63. The van der Waals surface area contributed by atoms with Crippen LogP contribution in [-0.4, -0.2) is 10.1 Å². The molecule has 1 heterocycles. The highest BCUT2D eigenvalue weighted by Crippen LogP contribution is 2.37. The monoisotopic (exact) mass is 251 g/mol. The molecule has 0 saturated carbocycles. The number of hydrogen-bond acceptors (Lipinski definition) is 4. The molecule has 19 heavy (non-hydrogen) atoms. The third-order valence-electron chi connectivity index (χ3n) is 3.50. The molecule has 94 valence electrons. The van der Waals surface area contributed by atoms with Crippen molar-refractivity contribution >= 4 is 5.82 Å². The van der Waals surface area contributed by atoms with E-state index in [1.54, 1.807) is 18.2 Å². The van der Waals surface area contributed by atoms with Gasteiger partial charge in [-0.05, 0) is 42.5 Å². The number of hydrogen-bond donors (Lipinski definition) is 2. The standard InChI is InChI=1S/C15H13N3O/c16-8-12-14(9-3-1-4-10(19)7-9)11-5-2-6-13(11)18-15(12)17/h1,3-4,7,19H,2,5-6H2,(H2,17,18). The zero-order valence-electron chi connectivity index (χ0n) is 10.3. The molecule has 0 aliphatic heterocycles. The highest BCUT2D eigenvalue weighted by molar-refractivity contribution is 5.80. The van der Waals surface area contributed by atoms with Gasteiger partial charge in [0.1, 0.15) is 23.2 Å². The predicted octanol–water partition coefficient (Wildman–Crippen LogP) is 2.40. The maximum Gasteiger partial charge on any atom is 0.142 e. The first-order chi connectivity index (χ1) is 9.20. The lowest BCUT2D eigenvalue weighted by molar-refractivity contribution is 0.475. The van der Waals surface area contributed by atoms with Crippen molar-refractivity contribution in [3.8, 4) is 22.9 Å². The zero-order chi connectivity index (χ0) is 13.4. The molecule has 0 fully saturated rings. The van der Waals surface area contributed by atoms with Gasteiger partial charge in [-0.15, -0.1) is 0 Å². The number of benzene rings is 1. The summed E-state index contributed by atoms with van der Waals surface area (Å²) in [5.74, 6) is 0.463. The second kappa shape index (κ2) is 4.29. The summed E-state index contributed by atoms with van der Waals surface area (Å²) in [6.45, 7) is 0. The molecule has 2 aromatic rings. The van der Waals surface area contributed by atoms with Crippen molar-refractivity contribution in [3.05, 3.63) is 41.1 Å². The lowest BCUT2D eigenvalue weighted by Crippen LogP contribution is -2.03. The zero-order valence-corrected chi connectivity index (χ0v) is 10.3. The quantitative estimate of drug-likeness (QED) is 0.815. The Balaban J connectivity index is 2.34. The number of nitrogens with two attached hydrogens (primary N) is 1. The molecule has 3 N–H and O–H groups in total. The number of nitrogen functional groups attached to an aromatic ring is 1. The number of phenolic OH excluding ortho intramolecular Hbond substituents is 1. The van der Waals surface area contributed by atoms with Crippen LogP contribution < -0.4 is 5.73 Å². The second-order valence-electron chi connectivity index (χ2n) is 4.69. The molecule has 1 aliphatic rings. The van der Waals surface area contributed by atoms with Crippen molar-refractivity contribution < 1.29 is 5.11 Å². The topological polar surface area (TPSA) is 82.9 Å². The summed E-state index contributed by atoms with van der Waals surface area (Å²) in [5, 5.41) is 19.0. The third-order valence-corrected chi connectivity index (χ3v) is 3.50. The number of rotatable bonds is 1. The van der Waals surface area contributed by atoms with Crippen molar-refractivity contribution in [1.82, 2.24) is 4.98 Å². The largest absolute Gasteiger partial charge is 0.508 e. The van der Waals surface area contributed by atoms with Gasteiger partial charge in [-0.25, -0.2) is 4.98 Å². The average Bonchev–Trinajstić information content (AvgIpc) is 2.84. The van der Waals surface area contributed by atoms with Crippen LogP contribution in [0.5, 0.6) is 5.75 Å². The normalized spacial score (nSPS) is 13.0. The molecule has 4 heteroatoms. The SMILES string of the molecule is N#Cc1c(N)nc2c(c1-c1cccc(O)c1)CCC2. The van der Waals surface area contributed by atoms with E-state index in [0.717, 1.165) is 41.6 Å². The number of aromatic hydroxyl groups is 1. The summed E-state index contributed by atoms with van der Waals surface area (Å²) in [6, 6.07) is 9.07. The number of pyridine rings is 1. The van der Waals surface area contributed by atoms with Gasteiger partial charge in [-0.3, -0.25) is 0 Å². The number of nitriles is 1. The number of nitrogens with zero attached hydrogens (tertiary/aromatic N) is 2. The Morgan fingerprint density at radius 1 is 1.32 bits per heavy atom.